The Morgan fingerprint density at radius 1 is 1.23 bits per heavy atom. The topological polar surface area (TPSA) is 50.7 Å². The number of thioether (sulfide) groups is 1. The molecule has 0 unspecified atom stereocenters. The molecule has 4 nitrogen and oxygen atoms in total. The maximum atomic E-state index is 12.4. The summed E-state index contributed by atoms with van der Waals surface area (Å²) in [5.41, 5.74) is 4.84. The molecule has 0 amide bonds. The zero-order valence-corrected chi connectivity index (χ0v) is 13.4. The summed E-state index contributed by atoms with van der Waals surface area (Å²) in [4.78, 5) is 13.4. The summed E-state index contributed by atoms with van der Waals surface area (Å²) in [6.45, 7) is 0. The van der Waals surface area contributed by atoms with Gasteiger partial charge in [-0.3, -0.25) is 10.2 Å². The van der Waals surface area contributed by atoms with Crippen molar-refractivity contribution in [3.8, 4) is 5.75 Å². The molecule has 3 rings (SSSR count). The molecule has 0 aliphatic carbocycles. The van der Waals surface area contributed by atoms with E-state index in [0.717, 1.165) is 16.3 Å². The first-order valence-corrected chi connectivity index (χ1v) is 7.97. The number of nitrogens with one attached hydrogen (secondary N) is 1. The summed E-state index contributed by atoms with van der Waals surface area (Å²) >= 11 is 7.41. The standard InChI is InChI=1S/C16H13ClN2O2S/c1-21-12-6-7-13-15(8-12)22-9-14(16(13)20)19-18-11-4-2-10(17)3-5-11/h2-8,18H,9H2,1H3/b19-14-. The Morgan fingerprint density at radius 2 is 2.00 bits per heavy atom. The van der Waals surface area contributed by atoms with Crippen molar-refractivity contribution in [3.63, 3.8) is 0 Å². The molecule has 0 radical (unpaired) electrons. The van der Waals surface area contributed by atoms with Crippen molar-refractivity contribution >= 4 is 40.5 Å². The van der Waals surface area contributed by atoms with Crippen LogP contribution in [0.1, 0.15) is 10.4 Å². The van der Waals surface area contributed by atoms with Crippen molar-refractivity contribution in [2.24, 2.45) is 5.10 Å². The van der Waals surface area contributed by atoms with E-state index >= 15 is 0 Å². The Bertz CT molecular complexity index is 744. The average molecular weight is 333 g/mol. The van der Waals surface area contributed by atoms with Crippen LogP contribution in [0.4, 0.5) is 5.69 Å². The summed E-state index contributed by atoms with van der Waals surface area (Å²) in [6.07, 6.45) is 0. The van der Waals surface area contributed by atoms with Gasteiger partial charge in [0.15, 0.2) is 0 Å². The molecule has 0 saturated heterocycles. The number of hydrazone groups is 1. The van der Waals surface area contributed by atoms with E-state index in [-0.39, 0.29) is 5.78 Å². The lowest BCUT2D eigenvalue weighted by Crippen LogP contribution is -2.23. The van der Waals surface area contributed by atoms with Crippen LogP contribution in [0.3, 0.4) is 0 Å². The number of nitrogens with zero attached hydrogens (tertiary/aromatic N) is 1. The first kappa shape index (κ1) is 14.9. The number of ether oxygens (including phenoxy) is 1. The van der Waals surface area contributed by atoms with Gasteiger partial charge in [-0.2, -0.15) is 5.10 Å². The van der Waals surface area contributed by atoms with Gasteiger partial charge in [-0.25, -0.2) is 0 Å². The minimum absolute atomic E-state index is 0.0575. The van der Waals surface area contributed by atoms with Crippen LogP contribution >= 0.6 is 23.4 Å². The van der Waals surface area contributed by atoms with Gasteiger partial charge in [-0.1, -0.05) is 11.6 Å². The van der Waals surface area contributed by atoms with Gasteiger partial charge in [0.2, 0.25) is 5.78 Å². The van der Waals surface area contributed by atoms with Gasteiger partial charge in [-0.15, -0.1) is 11.8 Å². The predicted molar refractivity (Wildman–Crippen MR) is 90.6 cm³/mol. The van der Waals surface area contributed by atoms with Crippen LogP contribution in [0.25, 0.3) is 0 Å². The van der Waals surface area contributed by atoms with Crippen LogP contribution in [0.5, 0.6) is 5.75 Å². The molecule has 6 heteroatoms. The number of fused-ring (bicyclic) bond motifs is 1. The minimum atomic E-state index is -0.0575. The van der Waals surface area contributed by atoms with Gasteiger partial charge in [0.1, 0.15) is 11.5 Å². The molecule has 1 aliphatic rings. The third-order valence-electron chi connectivity index (χ3n) is 3.22. The van der Waals surface area contributed by atoms with Gasteiger partial charge >= 0.3 is 0 Å². The van der Waals surface area contributed by atoms with Crippen LogP contribution < -0.4 is 10.2 Å². The third-order valence-corrected chi connectivity index (χ3v) is 4.54. The summed E-state index contributed by atoms with van der Waals surface area (Å²) < 4.78 is 5.18. The zero-order valence-electron chi connectivity index (χ0n) is 11.8. The molecule has 0 atom stereocenters. The molecule has 1 aliphatic heterocycles. The monoisotopic (exact) mass is 332 g/mol. The second-order valence-corrected chi connectivity index (χ2v) is 6.11. The van der Waals surface area contributed by atoms with Crippen LogP contribution in [0.15, 0.2) is 52.5 Å². The number of methoxy groups -OCH3 is 1. The number of carbonyl (C=O) groups excluding carboxylic acids is 1. The Kier molecular flexibility index (Phi) is 4.36. The average Bonchev–Trinajstić information content (AvgIpc) is 2.55. The number of benzene rings is 2. The van der Waals surface area contributed by atoms with Crippen molar-refractivity contribution < 1.29 is 9.53 Å². The predicted octanol–water partition coefficient (Wildman–Crippen LogP) is 4.11. The molecule has 0 bridgehead atoms. The van der Waals surface area contributed by atoms with Gasteiger partial charge in [0.25, 0.3) is 0 Å². The molecule has 2 aromatic rings. The Morgan fingerprint density at radius 3 is 2.73 bits per heavy atom. The van der Waals surface area contributed by atoms with Gasteiger partial charge in [0.05, 0.1) is 12.8 Å². The Hall–Kier alpha value is -1.98. The van der Waals surface area contributed by atoms with Crippen molar-refractivity contribution in [1.82, 2.24) is 0 Å². The number of hydrogen-bond donors (Lipinski definition) is 1. The number of ketones is 1. The van der Waals surface area contributed by atoms with E-state index in [9.17, 15) is 4.79 Å². The number of carbonyl (C=O) groups is 1. The lowest BCUT2D eigenvalue weighted by Gasteiger charge is -2.16. The molecule has 0 aromatic heterocycles. The van der Waals surface area contributed by atoms with Crippen molar-refractivity contribution in [2.75, 3.05) is 18.3 Å². The first-order chi connectivity index (χ1) is 10.7. The molecule has 1 N–H and O–H groups in total. The molecule has 0 spiro atoms. The molecular weight excluding hydrogens is 320 g/mol. The van der Waals surface area contributed by atoms with Crippen LogP contribution in [-0.4, -0.2) is 24.4 Å². The van der Waals surface area contributed by atoms with E-state index in [1.165, 1.54) is 0 Å². The van der Waals surface area contributed by atoms with Gasteiger partial charge in [0, 0.05) is 21.2 Å². The van der Waals surface area contributed by atoms with Crippen molar-refractivity contribution in [2.45, 2.75) is 4.90 Å². The fourth-order valence-corrected chi connectivity index (χ4v) is 3.17. The molecular formula is C16H13ClN2O2S. The highest BCUT2D eigenvalue weighted by atomic mass is 35.5. The highest BCUT2D eigenvalue weighted by Gasteiger charge is 2.24. The van der Waals surface area contributed by atoms with Crippen LogP contribution in [0, 0.1) is 0 Å². The van der Waals surface area contributed by atoms with E-state index in [4.69, 9.17) is 16.3 Å². The second kappa shape index (κ2) is 6.42. The molecule has 22 heavy (non-hydrogen) atoms. The first-order valence-electron chi connectivity index (χ1n) is 6.61. The maximum Gasteiger partial charge on any atom is 0.210 e. The molecule has 0 fully saturated rings. The highest BCUT2D eigenvalue weighted by Crippen LogP contribution is 2.32. The SMILES string of the molecule is COc1ccc2c(c1)SC/C(=N/Nc1ccc(Cl)cc1)C2=O. The van der Waals surface area contributed by atoms with E-state index in [1.54, 1.807) is 43.1 Å². The van der Waals surface area contributed by atoms with Crippen molar-refractivity contribution in [1.29, 1.82) is 0 Å². The van der Waals surface area contributed by atoms with E-state index in [0.29, 0.717) is 22.1 Å². The van der Waals surface area contributed by atoms with Crippen molar-refractivity contribution in [3.05, 3.63) is 53.1 Å². The van der Waals surface area contributed by atoms with Gasteiger partial charge < -0.3 is 4.74 Å². The fourth-order valence-electron chi connectivity index (χ4n) is 2.04. The maximum absolute atomic E-state index is 12.4. The largest absolute Gasteiger partial charge is 0.497 e. The zero-order chi connectivity index (χ0) is 15.5. The third kappa shape index (κ3) is 3.10. The van der Waals surface area contributed by atoms with Crippen LogP contribution in [-0.2, 0) is 0 Å². The number of halogens is 1. The fraction of sp³-hybridized carbons (Fsp3) is 0.125. The summed E-state index contributed by atoms with van der Waals surface area (Å²) in [6, 6.07) is 12.6. The highest BCUT2D eigenvalue weighted by molar-refractivity contribution is 8.00. The van der Waals surface area contributed by atoms with E-state index in [1.807, 2.05) is 18.2 Å². The number of anilines is 1. The Labute approximate surface area is 137 Å². The molecule has 0 saturated carbocycles. The van der Waals surface area contributed by atoms with E-state index < -0.39 is 0 Å². The number of hydrogen-bond acceptors (Lipinski definition) is 5. The molecule has 1 heterocycles. The smallest absolute Gasteiger partial charge is 0.210 e. The lowest BCUT2D eigenvalue weighted by molar-refractivity contribution is 0.106. The molecule has 2 aromatic carbocycles. The minimum Gasteiger partial charge on any atom is -0.497 e. The summed E-state index contributed by atoms with van der Waals surface area (Å²) in [5.74, 6) is 1.22. The summed E-state index contributed by atoms with van der Waals surface area (Å²) in [7, 11) is 1.61. The normalized spacial score (nSPS) is 15.5. The Balaban J connectivity index is 1.80. The van der Waals surface area contributed by atoms with E-state index in [2.05, 4.69) is 10.5 Å². The number of rotatable bonds is 3. The van der Waals surface area contributed by atoms with Crippen LogP contribution in [0.2, 0.25) is 5.02 Å². The summed E-state index contributed by atoms with van der Waals surface area (Å²) in [5, 5.41) is 4.89. The number of Topliss-reactive ketones (excluding diaryl/α,β-unsaturated/α-hetero) is 1. The molecule has 112 valence electrons. The van der Waals surface area contributed by atoms with Gasteiger partial charge in [-0.05, 0) is 42.5 Å². The quantitative estimate of drug-likeness (QED) is 0.859. The lowest BCUT2D eigenvalue weighted by atomic mass is 10.1. The second-order valence-electron chi connectivity index (χ2n) is 4.66.